The van der Waals surface area contributed by atoms with E-state index in [4.69, 9.17) is 4.99 Å². The van der Waals surface area contributed by atoms with Crippen molar-refractivity contribution in [1.82, 2.24) is 15.5 Å². The third-order valence-corrected chi connectivity index (χ3v) is 5.19. The van der Waals surface area contributed by atoms with Crippen molar-refractivity contribution in [2.24, 2.45) is 4.99 Å². The van der Waals surface area contributed by atoms with Crippen molar-refractivity contribution < 1.29 is 9.18 Å². The fourth-order valence-electron chi connectivity index (χ4n) is 3.60. The summed E-state index contributed by atoms with van der Waals surface area (Å²) in [6.07, 6.45) is 0.759. The molecule has 0 radical (unpaired) electrons. The highest BCUT2D eigenvalue weighted by Crippen LogP contribution is 2.20. The van der Waals surface area contributed by atoms with E-state index in [1.54, 1.807) is 13.1 Å². The maximum atomic E-state index is 14.1. The predicted octanol–water partition coefficient (Wildman–Crippen LogP) is 2.52. The lowest BCUT2D eigenvalue weighted by Crippen LogP contribution is -2.52. The lowest BCUT2D eigenvalue weighted by atomic mass is 10.1. The molecule has 0 saturated carbocycles. The molecule has 1 fully saturated rings. The van der Waals surface area contributed by atoms with Crippen molar-refractivity contribution in [1.29, 1.82) is 0 Å². The monoisotopic (exact) mass is 411 g/mol. The number of amides is 1. The quantitative estimate of drug-likeness (QED) is 0.567. The molecule has 2 aromatic carbocycles. The normalized spacial score (nSPS) is 14.6. The molecule has 30 heavy (non-hydrogen) atoms. The number of anilines is 1. The van der Waals surface area contributed by atoms with Crippen LogP contribution in [0.5, 0.6) is 0 Å². The lowest BCUT2D eigenvalue weighted by molar-refractivity contribution is 0.0963. The second-order valence-corrected chi connectivity index (χ2v) is 7.19. The van der Waals surface area contributed by atoms with Crippen LogP contribution >= 0.6 is 0 Å². The summed E-state index contributed by atoms with van der Waals surface area (Å²) in [6.45, 7) is 6.54. The number of aliphatic imine (C=N–C) groups is 1. The van der Waals surface area contributed by atoms with Crippen LogP contribution in [0.15, 0.2) is 53.5 Å². The number of rotatable bonds is 6. The third-order valence-electron chi connectivity index (χ3n) is 5.19. The van der Waals surface area contributed by atoms with Gasteiger partial charge in [0.15, 0.2) is 5.96 Å². The Morgan fingerprint density at radius 1 is 1.10 bits per heavy atom. The Bertz CT molecular complexity index is 877. The number of carbonyl (C=O) groups is 1. The molecule has 3 rings (SSSR count). The average Bonchev–Trinajstić information content (AvgIpc) is 2.79. The summed E-state index contributed by atoms with van der Waals surface area (Å²) in [4.78, 5) is 20.9. The van der Waals surface area contributed by atoms with Crippen LogP contribution in [0.25, 0.3) is 0 Å². The number of hydrogen-bond acceptors (Lipinski definition) is 3. The Labute approximate surface area is 177 Å². The van der Waals surface area contributed by atoms with Crippen molar-refractivity contribution in [2.75, 3.05) is 51.2 Å². The molecule has 160 valence electrons. The summed E-state index contributed by atoms with van der Waals surface area (Å²) in [6, 6.07) is 14.6. The van der Waals surface area contributed by atoms with Crippen LogP contribution < -0.4 is 15.5 Å². The van der Waals surface area contributed by atoms with Crippen LogP contribution in [-0.2, 0) is 6.42 Å². The zero-order valence-electron chi connectivity index (χ0n) is 17.7. The summed E-state index contributed by atoms with van der Waals surface area (Å²) < 4.78 is 14.1. The van der Waals surface area contributed by atoms with E-state index in [2.05, 4.69) is 27.4 Å². The van der Waals surface area contributed by atoms with Crippen LogP contribution in [0.3, 0.4) is 0 Å². The van der Waals surface area contributed by atoms with Gasteiger partial charge in [-0.3, -0.25) is 9.79 Å². The minimum atomic E-state index is -0.175. The van der Waals surface area contributed by atoms with E-state index in [0.29, 0.717) is 17.8 Å². The fourth-order valence-corrected chi connectivity index (χ4v) is 3.60. The first-order chi connectivity index (χ1) is 14.6. The Balaban J connectivity index is 1.59. The maximum absolute atomic E-state index is 14.1. The highest BCUT2D eigenvalue weighted by molar-refractivity contribution is 5.94. The highest BCUT2D eigenvalue weighted by atomic mass is 19.1. The van der Waals surface area contributed by atoms with Gasteiger partial charge < -0.3 is 20.4 Å². The van der Waals surface area contributed by atoms with Crippen molar-refractivity contribution in [2.45, 2.75) is 13.3 Å². The molecule has 7 heteroatoms. The first-order valence-electron chi connectivity index (χ1n) is 10.5. The summed E-state index contributed by atoms with van der Waals surface area (Å²) in [5, 5.41) is 6.01. The van der Waals surface area contributed by atoms with Gasteiger partial charge in [0.25, 0.3) is 5.91 Å². The fraction of sp³-hybridized carbons (Fsp3) is 0.391. The lowest BCUT2D eigenvalue weighted by Gasteiger charge is -2.37. The molecule has 1 saturated heterocycles. The number of carbonyl (C=O) groups excluding carboxylic acids is 1. The first-order valence-corrected chi connectivity index (χ1v) is 10.5. The van der Waals surface area contributed by atoms with Gasteiger partial charge >= 0.3 is 0 Å². The molecular weight excluding hydrogens is 381 g/mol. The van der Waals surface area contributed by atoms with Gasteiger partial charge in [0, 0.05) is 51.9 Å². The standard InChI is InChI=1S/C23H30FN5O/c1-3-26-23(27-12-11-18-7-6-8-19(17-18)22(30)25-2)29-15-13-28(14-16-29)21-10-5-4-9-20(21)24/h4-10,17H,3,11-16H2,1-2H3,(H,25,30)(H,26,27). The second kappa shape index (κ2) is 10.6. The number of nitrogens with zero attached hydrogens (tertiary/aromatic N) is 3. The maximum Gasteiger partial charge on any atom is 0.251 e. The van der Waals surface area contributed by atoms with E-state index >= 15 is 0 Å². The number of halogens is 1. The Kier molecular flexibility index (Phi) is 7.65. The highest BCUT2D eigenvalue weighted by Gasteiger charge is 2.21. The number of benzene rings is 2. The van der Waals surface area contributed by atoms with Gasteiger partial charge in [-0.1, -0.05) is 24.3 Å². The number of para-hydroxylation sites is 1. The number of hydrogen-bond donors (Lipinski definition) is 2. The van der Waals surface area contributed by atoms with Crippen molar-refractivity contribution in [3.63, 3.8) is 0 Å². The molecule has 1 heterocycles. The van der Waals surface area contributed by atoms with Gasteiger partial charge in [0.1, 0.15) is 5.82 Å². The zero-order chi connectivity index (χ0) is 21.3. The van der Waals surface area contributed by atoms with Crippen molar-refractivity contribution in [3.8, 4) is 0 Å². The first kappa shape index (κ1) is 21.6. The molecule has 0 aliphatic carbocycles. The zero-order valence-corrected chi connectivity index (χ0v) is 17.7. The second-order valence-electron chi connectivity index (χ2n) is 7.19. The Morgan fingerprint density at radius 3 is 2.57 bits per heavy atom. The van der Waals surface area contributed by atoms with Crippen LogP contribution in [0.2, 0.25) is 0 Å². The van der Waals surface area contributed by atoms with Gasteiger partial charge in [-0.25, -0.2) is 4.39 Å². The van der Waals surface area contributed by atoms with Crippen molar-refractivity contribution >= 4 is 17.6 Å². The Hall–Kier alpha value is -3.09. The number of piperazine rings is 1. The van der Waals surface area contributed by atoms with E-state index in [1.165, 1.54) is 6.07 Å². The summed E-state index contributed by atoms with van der Waals surface area (Å²) in [7, 11) is 1.63. The molecule has 0 spiro atoms. The number of nitrogens with one attached hydrogen (secondary N) is 2. The van der Waals surface area contributed by atoms with Crippen LogP contribution in [0.1, 0.15) is 22.8 Å². The largest absolute Gasteiger partial charge is 0.366 e. The topological polar surface area (TPSA) is 60.0 Å². The van der Waals surface area contributed by atoms with E-state index in [0.717, 1.165) is 50.7 Å². The Morgan fingerprint density at radius 2 is 1.87 bits per heavy atom. The van der Waals surface area contributed by atoms with Gasteiger partial charge in [-0.15, -0.1) is 0 Å². The third kappa shape index (κ3) is 5.49. The molecular formula is C23H30FN5O. The average molecular weight is 412 g/mol. The molecule has 1 aliphatic heterocycles. The minimum absolute atomic E-state index is 0.0820. The summed E-state index contributed by atoms with van der Waals surface area (Å²) >= 11 is 0. The van der Waals surface area contributed by atoms with Gasteiger partial charge in [0.05, 0.1) is 5.69 Å². The van der Waals surface area contributed by atoms with Gasteiger partial charge in [-0.05, 0) is 43.2 Å². The van der Waals surface area contributed by atoms with E-state index in [9.17, 15) is 9.18 Å². The molecule has 0 aromatic heterocycles. The van der Waals surface area contributed by atoms with E-state index in [1.807, 2.05) is 36.4 Å². The molecule has 1 amide bonds. The van der Waals surface area contributed by atoms with Gasteiger partial charge in [0.2, 0.25) is 0 Å². The predicted molar refractivity (Wildman–Crippen MR) is 120 cm³/mol. The molecule has 2 N–H and O–H groups in total. The molecule has 0 atom stereocenters. The summed E-state index contributed by atoms with van der Waals surface area (Å²) in [5.41, 5.74) is 2.41. The van der Waals surface area contributed by atoms with Gasteiger partial charge in [-0.2, -0.15) is 0 Å². The van der Waals surface area contributed by atoms with E-state index in [-0.39, 0.29) is 11.7 Å². The molecule has 0 unspecified atom stereocenters. The van der Waals surface area contributed by atoms with Crippen molar-refractivity contribution in [3.05, 3.63) is 65.5 Å². The van der Waals surface area contributed by atoms with Crippen LogP contribution in [-0.4, -0.2) is 63.1 Å². The summed E-state index contributed by atoms with van der Waals surface area (Å²) in [5.74, 6) is 0.625. The molecule has 1 aliphatic rings. The minimum Gasteiger partial charge on any atom is -0.366 e. The van der Waals surface area contributed by atoms with E-state index < -0.39 is 0 Å². The SMILES string of the molecule is CCNC(=NCCc1cccc(C(=O)NC)c1)N1CCN(c2ccccc2F)CC1. The smallest absolute Gasteiger partial charge is 0.251 e. The van der Waals surface area contributed by atoms with Crippen LogP contribution in [0.4, 0.5) is 10.1 Å². The molecule has 2 aromatic rings. The van der Waals surface area contributed by atoms with Crippen LogP contribution in [0, 0.1) is 5.82 Å². The number of guanidine groups is 1. The molecule has 0 bridgehead atoms. The molecule has 6 nitrogen and oxygen atoms in total.